The van der Waals surface area contributed by atoms with Crippen LogP contribution in [0.4, 0.5) is 0 Å². The number of phenols is 3. The van der Waals surface area contributed by atoms with Crippen LogP contribution in [0, 0.1) is 5.92 Å². The summed E-state index contributed by atoms with van der Waals surface area (Å²) < 4.78 is 0. The summed E-state index contributed by atoms with van der Waals surface area (Å²) in [6, 6.07) is 1.10. The van der Waals surface area contributed by atoms with Gasteiger partial charge in [0.2, 0.25) is 0 Å². The van der Waals surface area contributed by atoms with Gasteiger partial charge in [0.15, 0.2) is 5.78 Å². The van der Waals surface area contributed by atoms with Crippen molar-refractivity contribution < 1.29 is 20.1 Å². The molecule has 0 aromatic heterocycles. The van der Waals surface area contributed by atoms with Crippen LogP contribution in [0.15, 0.2) is 54.2 Å². The van der Waals surface area contributed by atoms with Crippen molar-refractivity contribution in [2.45, 2.75) is 26.7 Å². The van der Waals surface area contributed by atoms with Crippen LogP contribution in [0.25, 0.3) is 0 Å². The fraction of sp³-hybridized carbons (Fsp3) is 0.250. The van der Waals surface area contributed by atoms with E-state index in [0.717, 1.165) is 18.1 Å². The third kappa shape index (κ3) is 4.16. The van der Waals surface area contributed by atoms with E-state index < -0.39 is 11.5 Å². The Bertz CT molecular complexity index is 747. The molecule has 126 valence electrons. The number of rotatable bonds is 5. The molecular formula is C20H22O4. The van der Waals surface area contributed by atoms with Crippen LogP contribution in [0.3, 0.4) is 0 Å². The number of hydrogen-bond donors (Lipinski definition) is 3. The van der Waals surface area contributed by atoms with Crippen molar-refractivity contribution in [1.29, 1.82) is 0 Å². The zero-order valence-corrected chi connectivity index (χ0v) is 13.9. The van der Waals surface area contributed by atoms with Gasteiger partial charge in [0.05, 0.1) is 0 Å². The lowest BCUT2D eigenvalue weighted by Gasteiger charge is -2.12. The molecule has 1 aliphatic carbocycles. The molecule has 1 unspecified atom stereocenters. The van der Waals surface area contributed by atoms with Gasteiger partial charge in [-0.2, -0.15) is 0 Å². The third-order valence-corrected chi connectivity index (χ3v) is 3.83. The first-order valence-corrected chi connectivity index (χ1v) is 7.86. The molecule has 0 radical (unpaired) electrons. The fourth-order valence-electron chi connectivity index (χ4n) is 2.47. The van der Waals surface area contributed by atoms with Crippen LogP contribution >= 0.6 is 0 Å². The molecule has 0 heterocycles. The molecule has 3 N–H and O–H groups in total. The fourth-order valence-corrected chi connectivity index (χ4v) is 2.47. The Morgan fingerprint density at radius 1 is 1.21 bits per heavy atom. The summed E-state index contributed by atoms with van der Waals surface area (Å²) in [5.74, 6) is -1.42. The first-order valence-electron chi connectivity index (χ1n) is 7.86. The number of phenolic OH excluding ortho intramolecular Hbond substituents is 3. The topological polar surface area (TPSA) is 77.8 Å². The summed E-state index contributed by atoms with van der Waals surface area (Å²) in [6.45, 7) is 3.80. The second-order valence-electron chi connectivity index (χ2n) is 6.04. The maximum absolute atomic E-state index is 12.4. The molecule has 0 saturated carbocycles. The van der Waals surface area contributed by atoms with Gasteiger partial charge in [0.25, 0.3) is 0 Å². The van der Waals surface area contributed by atoms with Gasteiger partial charge < -0.3 is 15.3 Å². The highest BCUT2D eigenvalue weighted by molar-refractivity contribution is 6.09. The summed E-state index contributed by atoms with van der Waals surface area (Å²) >= 11 is 0. The van der Waals surface area contributed by atoms with E-state index in [9.17, 15) is 20.1 Å². The summed E-state index contributed by atoms with van der Waals surface area (Å²) in [4.78, 5) is 12.4. The van der Waals surface area contributed by atoms with Crippen LogP contribution in [-0.2, 0) is 6.42 Å². The zero-order chi connectivity index (χ0) is 17.7. The Balaban J connectivity index is 2.31. The van der Waals surface area contributed by atoms with Gasteiger partial charge >= 0.3 is 0 Å². The monoisotopic (exact) mass is 326 g/mol. The van der Waals surface area contributed by atoms with Gasteiger partial charge in [0.1, 0.15) is 22.8 Å². The lowest BCUT2D eigenvalue weighted by atomic mass is 9.97. The molecule has 4 nitrogen and oxygen atoms in total. The minimum Gasteiger partial charge on any atom is -0.507 e. The van der Waals surface area contributed by atoms with E-state index in [1.807, 2.05) is 44.2 Å². The normalized spacial score (nSPS) is 16.5. The number of allylic oxidation sites excluding steroid dienone is 8. The molecule has 1 aromatic rings. The lowest BCUT2D eigenvalue weighted by Crippen LogP contribution is -2.01. The first kappa shape index (κ1) is 17.6. The molecule has 0 bridgehead atoms. The van der Waals surface area contributed by atoms with Gasteiger partial charge in [-0.25, -0.2) is 0 Å². The largest absolute Gasteiger partial charge is 0.507 e. The first-order chi connectivity index (χ1) is 11.4. The Hall–Kier alpha value is -2.75. The second-order valence-corrected chi connectivity index (χ2v) is 6.04. The highest BCUT2D eigenvalue weighted by Gasteiger charge is 2.21. The molecule has 0 amide bonds. The Labute approximate surface area is 141 Å². The smallest absolute Gasteiger partial charge is 0.193 e. The molecule has 1 aliphatic rings. The lowest BCUT2D eigenvalue weighted by molar-refractivity contribution is 0.104. The van der Waals surface area contributed by atoms with E-state index in [1.165, 1.54) is 6.08 Å². The predicted octanol–water partition coefficient (Wildman–Crippen LogP) is 4.18. The molecule has 4 heteroatoms. The zero-order valence-electron chi connectivity index (χ0n) is 13.9. The molecule has 0 spiro atoms. The highest BCUT2D eigenvalue weighted by Crippen LogP contribution is 2.38. The van der Waals surface area contributed by atoms with Gasteiger partial charge in [0, 0.05) is 11.6 Å². The summed E-state index contributed by atoms with van der Waals surface area (Å²) in [5, 5.41) is 30.2. The number of carbonyl (C=O) groups excluding carboxylic acids is 1. The van der Waals surface area contributed by atoms with Crippen molar-refractivity contribution in [3.05, 3.63) is 65.3 Å². The van der Waals surface area contributed by atoms with Crippen molar-refractivity contribution in [3.63, 3.8) is 0 Å². The standard InChI is InChI=1S/C20H22O4/c1-13(2)8-10-15-17(22)12-18(23)19(20(15)24)16(21)11-9-14-6-4-3-5-7-14/h3-6,8-9,11-12,14,22-24H,7,10H2,1-2H3. The summed E-state index contributed by atoms with van der Waals surface area (Å²) in [5.41, 5.74) is 1.06. The minimum absolute atomic E-state index is 0.116. The predicted molar refractivity (Wildman–Crippen MR) is 94.4 cm³/mol. The molecule has 1 atom stereocenters. The Morgan fingerprint density at radius 3 is 2.58 bits per heavy atom. The molecule has 24 heavy (non-hydrogen) atoms. The number of aromatic hydroxyl groups is 3. The van der Waals surface area contributed by atoms with E-state index in [1.54, 1.807) is 6.08 Å². The van der Waals surface area contributed by atoms with Crippen molar-refractivity contribution in [2.24, 2.45) is 5.92 Å². The van der Waals surface area contributed by atoms with Gasteiger partial charge in [-0.1, -0.05) is 42.0 Å². The molecule has 0 saturated heterocycles. The minimum atomic E-state index is -0.494. The summed E-state index contributed by atoms with van der Waals surface area (Å²) in [7, 11) is 0. The summed E-state index contributed by atoms with van der Waals surface area (Å²) in [6.07, 6.45) is 13.8. The average molecular weight is 326 g/mol. The van der Waals surface area contributed by atoms with Crippen LogP contribution in [0.1, 0.15) is 36.2 Å². The van der Waals surface area contributed by atoms with Crippen LogP contribution in [0.5, 0.6) is 17.2 Å². The quantitative estimate of drug-likeness (QED) is 0.431. The van der Waals surface area contributed by atoms with E-state index in [2.05, 4.69) is 0 Å². The number of hydrogen-bond acceptors (Lipinski definition) is 4. The molecule has 1 aromatic carbocycles. The molecule has 2 rings (SSSR count). The van der Waals surface area contributed by atoms with Crippen LogP contribution in [0.2, 0.25) is 0 Å². The molecular weight excluding hydrogens is 304 g/mol. The van der Waals surface area contributed by atoms with E-state index in [-0.39, 0.29) is 35.0 Å². The van der Waals surface area contributed by atoms with Crippen molar-refractivity contribution in [3.8, 4) is 17.2 Å². The van der Waals surface area contributed by atoms with Gasteiger partial charge in [-0.05, 0) is 38.7 Å². The maximum atomic E-state index is 12.4. The van der Waals surface area contributed by atoms with E-state index in [0.29, 0.717) is 0 Å². The second kappa shape index (κ2) is 7.68. The highest BCUT2D eigenvalue weighted by atomic mass is 16.3. The number of ketones is 1. The van der Waals surface area contributed by atoms with E-state index >= 15 is 0 Å². The van der Waals surface area contributed by atoms with Crippen LogP contribution < -0.4 is 0 Å². The number of carbonyl (C=O) groups is 1. The maximum Gasteiger partial charge on any atom is 0.193 e. The van der Waals surface area contributed by atoms with Crippen molar-refractivity contribution >= 4 is 5.78 Å². The van der Waals surface area contributed by atoms with Gasteiger partial charge in [-0.15, -0.1) is 0 Å². The Kier molecular flexibility index (Phi) is 5.64. The van der Waals surface area contributed by atoms with E-state index in [4.69, 9.17) is 0 Å². The van der Waals surface area contributed by atoms with Crippen molar-refractivity contribution in [1.82, 2.24) is 0 Å². The Morgan fingerprint density at radius 2 is 1.96 bits per heavy atom. The van der Waals surface area contributed by atoms with Crippen molar-refractivity contribution in [2.75, 3.05) is 0 Å². The average Bonchev–Trinajstić information content (AvgIpc) is 2.53. The SMILES string of the molecule is CC(C)=CCc1c(O)cc(O)c(C(=O)C=CC2C=CC=CC2)c1O. The van der Waals surface area contributed by atoms with Crippen LogP contribution in [-0.4, -0.2) is 21.1 Å². The van der Waals surface area contributed by atoms with Gasteiger partial charge in [-0.3, -0.25) is 4.79 Å². The number of benzene rings is 1. The molecule has 0 aliphatic heterocycles. The molecule has 0 fully saturated rings. The third-order valence-electron chi connectivity index (χ3n) is 3.83.